The zero-order valence-electron chi connectivity index (χ0n) is 16.3. The Morgan fingerprint density at radius 2 is 2.04 bits per heavy atom. The van der Waals surface area contributed by atoms with E-state index in [-0.39, 0.29) is 5.91 Å². The lowest BCUT2D eigenvalue weighted by molar-refractivity contribution is -0.119. The van der Waals surface area contributed by atoms with Gasteiger partial charge >= 0.3 is 6.09 Å². The number of benzene rings is 1. The Bertz CT molecular complexity index is 612. The van der Waals surface area contributed by atoms with Gasteiger partial charge < -0.3 is 15.2 Å². The molecule has 6 nitrogen and oxygen atoms in total. The first-order valence-corrected chi connectivity index (χ1v) is 9.58. The maximum Gasteiger partial charge on any atom is 0.405 e. The van der Waals surface area contributed by atoms with Crippen molar-refractivity contribution in [2.24, 2.45) is 11.7 Å². The second-order valence-electron chi connectivity index (χ2n) is 7.46. The maximum absolute atomic E-state index is 11.6. The first-order valence-electron chi connectivity index (χ1n) is 8.76. The minimum atomic E-state index is -0.725. The molecule has 1 heterocycles. The third-order valence-corrected chi connectivity index (χ3v) is 4.12. The second kappa shape index (κ2) is 10.3. The van der Waals surface area contributed by atoms with E-state index in [0.717, 1.165) is 30.1 Å². The van der Waals surface area contributed by atoms with Crippen LogP contribution in [0.25, 0.3) is 0 Å². The summed E-state index contributed by atoms with van der Waals surface area (Å²) in [7, 11) is 0. The Morgan fingerprint density at radius 3 is 2.58 bits per heavy atom. The first-order chi connectivity index (χ1) is 12.1. The Morgan fingerprint density at radius 1 is 1.35 bits per heavy atom. The molecule has 2 amide bonds. The van der Waals surface area contributed by atoms with Gasteiger partial charge in [0.25, 0.3) is 0 Å². The van der Waals surface area contributed by atoms with Gasteiger partial charge in [-0.05, 0) is 68.8 Å². The van der Waals surface area contributed by atoms with E-state index in [0.29, 0.717) is 12.3 Å². The number of ether oxygens (including phenoxy) is 2. The van der Waals surface area contributed by atoms with Crippen molar-refractivity contribution in [2.75, 3.05) is 6.61 Å². The highest BCUT2D eigenvalue weighted by molar-refractivity contribution is 7.98. The van der Waals surface area contributed by atoms with Crippen molar-refractivity contribution in [1.82, 2.24) is 4.72 Å². The monoisotopic (exact) mass is 382 g/mol. The zero-order valence-corrected chi connectivity index (χ0v) is 17.1. The van der Waals surface area contributed by atoms with Gasteiger partial charge in [0.15, 0.2) is 0 Å². The average molecular weight is 383 g/mol. The fraction of sp³-hybridized carbons (Fsp3) is 0.579. The number of carbonyl (C=O) groups excluding carboxylic acids is 2. The molecule has 1 aliphatic heterocycles. The van der Waals surface area contributed by atoms with Crippen LogP contribution < -0.4 is 15.2 Å². The lowest BCUT2D eigenvalue weighted by Crippen LogP contribution is -2.27. The number of fused-ring (bicyclic) bond motifs is 1. The fourth-order valence-corrected chi connectivity index (χ4v) is 2.79. The summed E-state index contributed by atoms with van der Waals surface area (Å²) in [6, 6.07) is 6.05. The van der Waals surface area contributed by atoms with Gasteiger partial charge in [0.05, 0.1) is 6.61 Å². The molecule has 3 N–H and O–H groups in total. The van der Waals surface area contributed by atoms with E-state index in [1.165, 1.54) is 17.5 Å². The van der Waals surface area contributed by atoms with Crippen LogP contribution in [0, 0.1) is 5.92 Å². The van der Waals surface area contributed by atoms with Crippen molar-refractivity contribution >= 4 is 23.9 Å². The SMILES string of the molecule is CC(C)(C)OC(N)=O.CC(C)CCC(=O)NSc1ccc2c(c1)CCO2. The quantitative estimate of drug-likeness (QED) is 0.749. The number of rotatable bonds is 5. The van der Waals surface area contributed by atoms with Gasteiger partial charge in [-0.15, -0.1) is 0 Å². The van der Waals surface area contributed by atoms with Crippen molar-refractivity contribution in [3.63, 3.8) is 0 Å². The van der Waals surface area contributed by atoms with E-state index in [9.17, 15) is 9.59 Å². The molecule has 0 spiro atoms. The van der Waals surface area contributed by atoms with Gasteiger partial charge in [0, 0.05) is 17.7 Å². The summed E-state index contributed by atoms with van der Waals surface area (Å²) in [6.07, 6.45) is 1.77. The highest BCUT2D eigenvalue weighted by Gasteiger charge is 2.13. The molecule has 0 fully saturated rings. The Hall–Kier alpha value is -1.89. The van der Waals surface area contributed by atoms with Crippen LogP contribution in [-0.2, 0) is 16.0 Å². The van der Waals surface area contributed by atoms with Crippen LogP contribution in [0.4, 0.5) is 4.79 Å². The van der Waals surface area contributed by atoms with Crippen LogP contribution in [0.2, 0.25) is 0 Å². The zero-order chi connectivity index (χ0) is 19.7. The molecule has 0 radical (unpaired) electrons. The molecule has 0 saturated heterocycles. The van der Waals surface area contributed by atoms with E-state index in [2.05, 4.69) is 29.4 Å². The number of nitrogens with one attached hydrogen (secondary N) is 1. The van der Waals surface area contributed by atoms with Gasteiger partial charge in [-0.1, -0.05) is 13.8 Å². The molecule has 1 aromatic rings. The molecule has 0 unspecified atom stereocenters. The topological polar surface area (TPSA) is 90.7 Å². The lowest BCUT2D eigenvalue weighted by Gasteiger charge is -2.16. The summed E-state index contributed by atoms with van der Waals surface area (Å²) in [5.41, 5.74) is 5.50. The molecule has 0 atom stereocenters. The summed E-state index contributed by atoms with van der Waals surface area (Å²) < 4.78 is 12.9. The van der Waals surface area contributed by atoms with Crippen molar-refractivity contribution in [1.29, 1.82) is 0 Å². The van der Waals surface area contributed by atoms with Gasteiger partial charge in [0.2, 0.25) is 5.91 Å². The number of hydrogen-bond acceptors (Lipinski definition) is 5. The van der Waals surface area contributed by atoms with E-state index in [4.69, 9.17) is 10.5 Å². The molecule has 1 aromatic carbocycles. The fourth-order valence-electron chi connectivity index (χ4n) is 2.11. The summed E-state index contributed by atoms with van der Waals surface area (Å²) in [6.45, 7) is 10.3. The molecule has 0 aromatic heterocycles. The van der Waals surface area contributed by atoms with Crippen LogP contribution in [0.5, 0.6) is 5.75 Å². The average Bonchev–Trinajstić information content (AvgIpc) is 2.96. The molecule has 0 saturated carbocycles. The second-order valence-corrected chi connectivity index (χ2v) is 8.34. The molecule has 0 aliphatic carbocycles. The van der Waals surface area contributed by atoms with Crippen LogP contribution in [0.15, 0.2) is 23.1 Å². The van der Waals surface area contributed by atoms with Crippen molar-refractivity contribution in [3.05, 3.63) is 23.8 Å². The molecular formula is C19H30N2O4S. The lowest BCUT2D eigenvalue weighted by atomic mass is 10.1. The molecule has 146 valence electrons. The predicted octanol–water partition coefficient (Wildman–Crippen LogP) is 4.06. The summed E-state index contributed by atoms with van der Waals surface area (Å²) >= 11 is 1.39. The Labute approximate surface area is 160 Å². The van der Waals surface area contributed by atoms with Gasteiger partial charge in [-0.2, -0.15) is 0 Å². The largest absolute Gasteiger partial charge is 0.493 e. The smallest absolute Gasteiger partial charge is 0.405 e. The van der Waals surface area contributed by atoms with Crippen LogP contribution in [0.3, 0.4) is 0 Å². The third-order valence-electron chi connectivity index (χ3n) is 3.30. The predicted molar refractivity (Wildman–Crippen MR) is 104 cm³/mol. The van der Waals surface area contributed by atoms with Crippen molar-refractivity contribution in [2.45, 2.75) is 64.4 Å². The number of primary amides is 1. The normalized spacial score (nSPS) is 12.5. The molecule has 1 aliphatic rings. The molecule has 26 heavy (non-hydrogen) atoms. The van der Waals surface area contributed by atoms with E-state index >= 15 is 0 Å². The van der Waals surface area contributed by atoms with Gasteiger partial charge in [-0.25, -0.2) is 4.79 Å². The van der Waals surface area contributed by atoms with E-state index in [1.807, 2.05) is 12.1 Å². The Balaban J connectivity index is 0.000000359. The highest BCUT2D eigenvalue weighted by atomic mass is 32.2. The van der Waals surface area contributed by atoms with Crippen LogP contribution in [-0.4, -0.2) is 24.2 Å². The van der Waals surface area contributed by atoms with Gasteiger partial charge in [0.1, 0.15) is 11.4 Å². The molecule has 0 bridgehead atoms. The van der Waals surface area contributed by atoms with E-state index < -0.39 is 11.7 Å². The van der Waals surface area contributed by atoms with Crippen molar-refractivity contribution in [3.8, 4) is 5.75 Å². The molecule has 2 rings (SSSR count). The number of nitrogens with two attached hydrogens (primary N) is 1. The van der Waals surface area contributed by atoms with Crippen molar-refractivity contribution < 1.29 is 19.1 Å². The summed E-state index contributed by atoms with van der Waals surface area (Å²) in [5.74, 6) is 1.65. The highest BCUT2D eigenvalue weighted by Crippen LogP contribution is 2.29. The Kier molecular flexibility index (Phi) is 8.78. The number of hydrogen-bond donors (Lipinski definition) is 2. The molecule has 7 heteroatoms. The minimum Gasteiger partial charge on any atom is -0.493 e. The molecular weight excluding hydrogens is 352 g/mol. The van der Waals surface area contributed by atoms with Gasteiger partial charge in [-0.3, -0.25) is 9.52 Å². The van der Waals surface area contributed by atoms with E-state index in [1.54, 1.807) is 20.8 Å². The minimum absolute atomic E-state index is 0.102. The maximum atomic E-state index is 11.6. The first kappa shape index (κ1) is 22.2. The van der Waals surface area contributed by atoms with Crippen LogP contribution in [0.1, 0.15) is 53.0 Å². The summed E-state index contributed by atoms with van der Waals surface area (Å²) in [4.78, 5) is 22.7. The van der Waals surface area contributed by atoms with Crippen LogP contribution >= 0.6 is 11.9 Å². The number of amides is 2. The standard InChI is InChI=1S/C14H19NO2S.C5H11NO2/c1-10(2)3-6-14(16)15-18-12-4-5-13-11(9-12)7-8-17-13;1-5(2,3)8-4(6)7/h4-5,9-10H,3,6-8H2,1-2H3,(H,15,16);1-3H3,(H2,6,7). The summed E-state index contributed by atoms with van der Waals surface area (Å²) in [5, 5.41) is 0. The third kappa shape index (κ3) is 9.56. The number of carbonyl (C=O) groups is 2.